The molecule has 0 radical (unpaired) electrons. The molecule has 0 aromatic rings. The van der Waals surface area contributed by atoms with Gasteiger partial charge >= 0.3 is 0 Å². The first kappa shape index (κ1) is 12.0. The highest BCUT2D eigenvalue weighted by Gasteiger charge is 2.24. The van der Waals surface area contributed by atoms with E-state index in [-0.39, 0.29) is 0 Å². The molecule has 0 aromatic heterocycles. The summed E-state index contributed by atoms with van der Waals surface area (Å²) in [5.41, 5.74) is 5.91. The molecule has 2 unspecified atom stereocenters. The lowest BCUT2D eigenvalue weighted by Gasteiger charge is -2.18. The van der Waals surface area contributed by atoms with Gasteiger partial charge in [0.25, 0.3) is 0 Å². The number of nitrogens with zero attached hydrogens (tertiary/aromatic N) is 1. The van der Waals surface area contributed by atoms with E-state index in [0.717, 1.165) is 11.8 Å². The van der Waals surface area contributed by atoms with Gasteiger partial charge in [-0.05, 0) is 51.1 Å². The van der Waals surface area contributed by atoms with Crippen LogP contribution < -0.4 is 5.73 Å². The minimum absolute atomic E-state index is 0.380. The molecule has 1 fully saturated rings. The van der Waals surface area contributed by atoms with E-state index in [2.05, 4.69) is 25.7 Å². The molecule has 0 spiro atoms. The van der Waals surface area contributed by atoms with Crippen molar-refractivity contribution in [2.24, 2.45) is 17.6 Å². The predicted octanol–water partition coefficient (Wildman–Crippen LogP) is 2.09. The third-order valence-corrected chi connectivity index (χ3v) is 3.31. The minimum Gasteiger partial charge on any atom is -0.328 e. The summed E-state index contributed by atoms with van der Waals surface area (Å²) in [7, 11) is 0. The van der Waals surface area contributed by atoms with Crippen LogP contribution in [0.3, 0.4) is 0 Å². The molecule has 1 rings (SSSR count). The van der Waals surface area contributed by atoms with Crippen LogP contribution in [-0.4, -0.2) is 30.6 Å². The van der Waals surface area contributed by atoms with Crippen LogP contribution in [0.15, 0.2) is 0 Å². The lowest BCUT2D eigenvalue weighted by atomic mass is 10.0. The Hall–Kier alpha value is -0.0800. The fourth-order valence-electron chi connectivity index (χ4n) is 2.22. The molecule has 1 heterocycles. The van der Waals surface area contributed by atoms with Crippen molar-refractivity contribution in [3.05, 3.63) is 0 Å². The van der Waals surface area contributed by atoms with E-state index in [9.17, 15) is 0 Å². The summed E-state index contributed by atoms with van der Waals surface area (Å²) in [6.45, 7) is 10.5. The number of hydrogen-bond acceptors (Lipinski definition) is 2. The third-order valence-electron chi connectivity index (χ3n) is 3.31. The van der Waals surface area contributed by atoms with Crippen molar-refractivity contribution >= 4 is 0 Å². The highest BCUT2D eigenvalue weighted by Crippen LogP contribution is 2.19. The Morgan fingerprint density at radius 3 is 2.57 bits per heavy atom. The fraction of sp³-hybridized carbons (Fsp3) is 1.00. The summed E-state index contributed by atoms with van der Waals surface area (Å²) in [6, 6.07) is 0.380. The number of hydrogen-bond donors (Lipinski definition) is 1. The number of rotatable bonds is 5. The highest BCUT2D eigenvalue weighted by atomic mass is 15.1. The van der Waals surface area contributed by atoms with Gasteiger partial charge in [-0.1, -0.05) is 13.8 Å². The Morgan fingerprint density at radius 2 is 2.07 bits per heavy atom. The minimum atomic E-state index is 0.380. The second-order valence-corrected chi connectivity index (χ2v) is 5.24. The normalized spacial score (nSPS) is 25.9. The van der Waals surface area contributed by atoms with E-state index in [1.165, 1.54) is 38.9 Å². The fourth-order valence-corrected chi connectivity index (χ4v) is 2.22. The summed E-state index contributed by atoms with van der Waals surface area (Å²) in [6.07, 6.45) is 4.02. The molecule has 1 aliphatic heterocycles. The van der Waals surface area contributed by atoms with E-state index >= 15 is 0 Å². The van der Waals surface area contributed by atoms with Crippen molar-refractivity contribution in [1.29, 1.82) is 0 Å². The van der Waals surface area contributed by atoms with Gasteiger partial charge in [-0.3, -0.25) is 0 Å². The zero-order valence-corrected chi connectivity index (χ0v) is 10.00. The smallest absolute Gasteiger partial charge is 0.00514 e. The standard InChI is InChI=1S/C12H26N2/c1-10(2)5-4-7-14-8-6-12(9-14)11(3)13/h10-12H,4-9,13H2,1-3H3. The SMILES string of the molecule is CC(C)CCCN1CCC(C(C)N)C1. The van der Waals surface area contributed by atoms with Crippen LogP contribution in [-0.2, 0) is 0 Å². The van der Waals surface area contributed by atoms with Crippen molar-refractivity contribution in [3.8, 4) is 0 Å². The van der Waals surface area contributed by atoms with Gasteiger partial charge in [0.1, 0.15) is 0 Å². The van der Waals surface area contributed by atoms with Crippen molar-refractivity contribution in [2.45, 2.75) is 46.1 Å². The Kier molecular flexibility index (Phi) is 4.90. The first-order valence-corrected chi connectivity index (χ1v) is 6.07. The maximum atomic E-state index is 5.91. The van der Waals surface area contributed by atoms with Crippen LogP contribution in [0.25, 0.3) is 0 Å². The maximum Gasteiger partial charge on any atom is 0.00514 e. The molecule has 2 nitrogen and oxygen atoms in total. The van der Waals surface area contributed by atoms with Crippen LogP contribution in [0.1, 0.15) is 40.0 Å². The topological polar surface area (TPSA) is 29.3 Å². The molecule has 84 valence electrons. The van der Waals surface area contributed by atoms with Crippen LogP contribution in [0, 0.1) is 11.8 Å². The first-order chi connectivity index (χ1) is 6.59. The maximum absolute atomic E-state index is 5.91. The molecule has 2 heteroatoms. The lowest BCUT2D eigenvalue weighted by molar-refractivity contribution is 0.302. The van der Waals surface area contributed by atoms with Crippen molar-refractivity contribution in [3.63, 3.8) is 0 Å². The average Bonchev–Trinajstić information content (AvgIpc) is 2.52. The lowest BCUT2D eigenvalue weighted by Crippen LogP contribution is -2.30. The zero-order chi connectivity index (χ0) is 10.6. The molecule has 1 saturated heterocycles. The first-order valence-electron chi connectivity index (χ1n) is 6.07. The van der Waals surface area contributed by atoms with Gasteiger partial charge in [0.05, 0.1) is 0 Å². The molecule has 2 atom stereocenters. The van der Waals surface area contributed by atoms with Gasteiger partial charge in [-0.2, -0.15) is 0 Å². The van der Waals surface area contributed by atoms with Crippen LogP contribution in [0.5, 0.6) is 0 Å². The molecule has 0 aliphatic carbocycles. The van der Waals surface area contributed by atoms with E-state index < -0.39 is 0 Å². The van der Waals surface area contributed by atoms with Gasteiger partial charge < -0.3 is 10.6 Å². The van der Waals surface area contributed by atoms with Crippen LogP contribution >= 0.6 is 0 Å². The van der Waals surface area contributed by atoms with E-state index in [1.807, 2.05) is 0 Å². The summed E-state index contributed by atoms with van der Waals surface area (Å²) in [4.78, 5) is 2.58. The van der Waals surface area contributed by atoms with Crippen molar-refractivity contribution in [1.82, 2.24) is 4.90 Å². The highest BCUT2D eigenvalue weighted by molar-refractivity contribution is 4.80. The van der Waals surface area contributed by atoms with Crippen LogP contribution in [0.4, 0.5) is 0 Å². The van der Waals surface area contributed by atoms with E-state index in [1.54, 1.807) is 0 Å². The summed E-state index contributed by atoms with van der Waals surface area (Å²) in [5, 5.41) is 0. The van der Waals surface area contributed by atoms with Crippen LogP contribution in [0.2, 0.25) is 0 Å². The second kappa shape index (κ2) is 5.72. The predicted molar refractivity (Wildman–Crippen MR) is 62.3 cm³/mol. The molecule has 0 aromatic carbocycles. The Morgan fingerprint density at radius 1 is 1.36 bits per heavy atom. The van der Waals surface area contributed by atoms with Gasteiger partial charge in [-0.25, -0.2) is 0 Å². The van der Waals surface area contributed by atoms with E-state index in [0.29, 0.717) is 6.04 Å². The zero-order valence-electron chi connectivity index (χ0n) is 10.00. The molecular weight excluding hydrogens is 172 g/mol. The molecule has 14 heavy (non-hydrogen) atoms. The molecule has 0 amide bonds. The van der Waals surface area contributed by atoms with Crippen molar-refractivity contribution in [2.75, 3.05) is 19.6 Å². The van der Waals surface area contributed by atoms with Gasteiger partial charge in [-0.15, -0.1) is 0 Å². The molecule has 2 N–H and O–H groups in total. The monoisotopic (exact) mass is 198 g/mol. The summed E-state index contributed by atoms with van der Waals surface area (Å²) < 4.78 is 0. The summed E-state index contributed by atoms with van der Waals surface area (Å²) >= 11 is 0. The second-order valence-electron chi connectivity index (χ2n) is 5.24. The molecular formula is C12H26N2. The Balaban J connectivity index is 2.10. The van der Waals surface area contributed by atoms with Gasteiger partial charge in [0.15, 0.2) is 0 Å². The van der Waals surface area contributed by atoms with Crippen molar-refractivity contribution < 1.29 is 0 Å². The Bertz CT molecular complexity index is 154. The number of nitrogens with two attached hydrogens (primary N) is 1. The van der Waals surface area contributed by atoms with Gasteiger partial charge in [0.2, 0.25) is 0 Å². The quantitative estimate of drug-likeness (QED) is 0.733. The Labute approximate surface area is 88.8 Å². The van der Waals surface area contributed by atoms with E-state index in [4.69, 9.17) is 5.73 Å². The largest absolute Gasteiger partial charge is 0.328 e. The molecule has 1 aliphatic rings. The molecule has 0 bridgehead atoms. The van der Waals surface area contributed by atoms with Gasteiger partial charge in [0, 0.05) is 12.6 Å². The third kappa shape index (κ3) is 3.97. The number of likely N-dealkylation sites (tertiary alicyclic amines) is 1. The average molecular weight is 198 g/mol. The summed E-state index contributed by atoms with van der Waals surface area (Å²) in [5.74, 6) is 1.59. The molecule has 0 saturated carbocycles.